The summed E-state index contributed by atoms with van der Waals surface area (Å²) in [5.74, 6) is -0.614. The number of rotatable bonds is 3. The molecule has 3 heteroatoms. The Morgan fingerprint density at radius 3 is 2.57 bits per heavy atom. The van der Waals surface area contributed by atoms with Gasteiger partial charge in [0.25, 0.3) is 0 Å². The van der Waals surface area contributed by atoms with Crippen molar-refractivity contribution in [3.8, 4) is 5.75 Å². The summed E-state index contributed by atoms with van der Waals surface area (Å²) < 4.78 is 5.20. The normalized spacial score (nSPS) is 12.2. The van der Waals surface area contributed by atoms with E-state index >= 15 is 0 Å². The summed E-state index contributed by atoms with van der Waals surface area (Å²) in [6.45, 7) is 5.30. The molecule has 14 heavy (non-hydrogen) atoms. The van der Waals surface area contributed by atoms with E-state index in [9.17, 15) is 9.90 Å². The summed E-state index contributed by atoms with van der Waals surface area (Å²) in [5, 5.41) is 10.4. The van der Waals surface area contributed by atoms with Crippen molar-refractivity contribution in [1.29, 1.82) is 0 Å². The molecule has 0 aliphatic rings. The second kappa shape index (κ2) is 4.13. The zero-order chi connectivity index (χ0) is 10.7. The Labute approximate surface area is 83.3 Å². The molecule has 0 aromatic heterocycles. The Balaban J connectivity index is 2.82. The molecule has 0 heterocycles. The van der Waals surface area contributed by atoms with E-state index in [1.165, 1.54) is 6.92 Å². The standard InChI is InChI=1S/C11H14O3/c1-7-4-5-10(8(2)6-7)14-9(3)11(12)13/h4-6,9H,1-3H3,(H,12,13)/p-1/t9-/m0/s1. The summed E-state index contributed by atoms with van der Waals surface area (Å²) in [7, 11) is 0. The van der Waals surface area contributed by atoms with Crippen molar-refractivity contribution in [3.05, 3.63) is 29.3 Å². The predicted molar refractivity (Wildman–Crippen MR) is 51.0 cm³/mol. The van der Waals surface area contributed by atoms with Crippen LogP contribution in [0.1, 0.15) is 18.1 Å². The van der Waals surface area contributed by atoms with Gasteiger partial charge >= 0.3 is 0 Å². The lowest BCUT2D eigenvalue weighted by atomic mass is 10.1. The SMILES string of the molecule is Cc1ccc(O[C@@H](C)C(=O)[O-])c(C)c1. The van der Waals surface area contributed by atoms with E-state index in [0.717, 1.165) is 11.1 Å². The fraction of sp³-hybridized carbons (Fsp3) is 0.364. The van der Waals surface area contributed by atoms with Crippen LogP contribution in [0.3, 0.4) is 0 Å². The highest BCUT2D eigenvalue weighted by Gasteiger charge is 2.06. The summed E-state index contributed by atoms with van der Waals surface area (Å²) >= 11 is 0. The molecule has 0 aliphatic carbocycles. The van der Waals surface area contributed by atoms with Crippen LogP contribution in [0.4, 0.5) is 0 Å². The van der Waals surface area contributed by atoms with Crippen molar-refractivity contribution in [2.75, 3.05) is 0 Å². The van der Waals surface area contributed by atoms with Crippen molar-refractivity contribution in [2.24, 2.45) is 0 Å². The third kappa shape index (κ3) is 2.49. The van der Waals surface area contributed by atoms with Crippen LogP contribution in [-0.4, -0.2) is 12.1 Å². The van der Waals surface area contributed by atoms with Gasteiger partial charge in [-0.15, -0.1) is 0 Å². The van der Waals surface area contributed by atoms with Crippen molar-refractivity contribution >= 4 is 5.97 Å². The van der Waals surface area contributed by atoms with E-state index in [0.29, 0.717) is 5.75 Å². The molecule has 0 N–H and O–H groups in total. The van der Waals surface area contributed by atoms with E-state index in [1.807, 2.05) is 26.0 Å². The lowest BCUT2D eigenvalue weighted by Gasteiger charge is -2.17. The van der Waals surface area contributed by atoms with Gasteiger partial charge in [0.05, 0.1) is 5.97 Å². The van der Waals surface area contributed by atoms with E-state index in [4.69, 9.17) is 4.74 Å². The third-order valence-corrected chi connectivity index (χ3v) is 1.97. The van der Waals surface area contributed by atoms with Crippen LogP contribution < -0.4 is 9.84 Å². The minimum absolute atomic E-state index is 0.590. The topological polar surface area (TPSA) is 49.4 Å². The highest BCUT2D eigenvalue weighted by Crippen LogP contribution is 2.19. The van der Waals surface area contributed by atoms with Gasteiger partial charge in [0, 0.05) is 0 Å². The number of benzene rings is 1. The summed E-state index contributed by atoms with van der Waals surface area (Å²) in [6.07, 6.45) is -0.920. The molecular weight excluding hydrogens is 180 g/mol. The van der Waals surface area contributed by atoms with Gasteiger partial charge in [-0.2, -0.15) is 0 Å². The van der Waals surface area contributed by atoms with Crippen molar-refractivity contribution in [3.63, 3.8) is 0 Å². The van der Waals surface area contributed by atoms with E-state index in [1.54, 1.807) is 6.07 Å². The largest absolute Gasteiger partial charge is 0.546 e. The molecule has 0 unspecified atom stereocenters. The predicted octanol–water partition coefficient (Wildman–Crippen LogP) is 0.821. The number of hydrogen-bond acceptors (Lipinski definition) is 3. The molecule has 0 saturated carbocycles. The lowest BCUT2D eigenvalue weighted by molar-refractivity contribution is -0.312. The maximum absolute atomic E-state index is 10.4. The Hall–Kier alpha value is -1.51. The second-order valence-electron chi connectivity index (χ2n) is 3.35. The third-order valence-electron chi connectivity index (χ3n) is 1.97. The van der Waals surface area contributed by atoms with Gasteiger partial charge in [0.15, 0.2) is 0 Å². The van der Waals surface area contributed by atoms with Gasteiger partial charge in [-0.3, -0.25) is 0 Å². The molecule has 0 amide bonds. The second-order valence-corrected chi connectivity index (χ2v) is 3.35. The monoisotopic (exact) mass is 193 g/mol. The molecule has 1 aromatic rings. The molecule has 3 nitrogen and oxygen atoms in total. The quantitative estimate of drug-likeness (QED) is 0.714. The molecule has 1 atom stereocenters. The molecular formula is C11H13O3-. The lowest BCUT2D eigenvalue weighted by Crippen LogP contribution is -2.37. The maximum Gasteiger partial charge on any atom is 0.135 e. The zero-order valence-corrected chi connectivity index (χ0v) is 8.53. The summed E-state index contributed by atoms with van der Waals surface area (Å²) in [5.41, 5.74) is 2.05. The highest BCUT2D eigenvalue weighted by atomic mass is 16.5. The van der Waals surface area contributed by atoms with Crippen LogP contribution in [0.2, 0.25) is 0 Å². The number of aliphatic carboxylic acids is 1. The number of ether oxygens (including phenoxy) is 1. The first-order valence-electron chi connectivity index (χ1n) is 4.45. The van der Waals surface area contributed by atoms with Crippen molar-refractivity contribution in [2.45, 2.75) is 26.9 Å². The van der Waals surface area contributed by atoms with Gasteiger partial charge in [0.1, 0.15) is 11.9 Å². The first kappa shape index (κ1) is 10.6. The maximum atomic E-state index is 10.4. The molecule has 0 saturated heterocycles. The Kier molecular flexibility index (Phi) is 3.12. The average molecular weight is 193 g/mol. The summed E-state index contributed by atoms with van der Waals surface area (Å²) in [4.78, 5) is 10.4. The van der Waals surface area contributed by atoms with E-state index < -0.39 is 12.1 Å². The van der Waals surface area contributed by atoms with Crippen LogP contribution in [0.15, 0.2) is 18.2 Å². The van der Waals surface area contributed by atoms with E-state index in [2.05, 4.69) is 0 Å². The Morgan fingerprint density at radius 2 is 2.07 bits per heavy atom. The molecule has 0 bridgehead atoms. The van der Waals surface area contributed by atoms with Crippen molar-refractivity contribution < 1.29 is 14.6 Å². The average Bonchev–Trinajstić information content (AvgIpc) is 2.09. The molecule has 76 valence electrons. The molecule has 0 aliphatic heterocycles. The van der Waals surface area contributed by atoms with Crippen LogP contribution in [0.5, 0.6) is 5.75 Å². The molecule has 0 fully saturated rings. The summed E-state index contributed by atoms with van der Waals surface area (Å²) in [6, 6.07) is 5.59. The number of carbonyl (C=O) groups excluding carboxylic acids is 1. The zero-order valence-electron chi connectivity index (χ0n) is 8.53. The van der Waals surface area contributed by atoms with Crippen LogP contribution in [0, 0.1) is 13.8 Å². The number of aryl methyl sites for hydroxylation is 2. The van der Waals surface area contributed by atoms with Crippen LogP contribution >= 0.6 is 0 Å². The highest BCUT2D eigenvalue weighted by molar-refractivity contribution is 5.69. The fourth-order valence-electron chi connectivity index (χ4n) is 1.17. The minimum Gasteiger partial charge on any atom is -0.546 e. The number of hydrogen-bond donors (Lipinski definition) is 0. The van der Waals surface area contributed by atoms with Gasteiger partial charge in [0.2, 0.25) is 0 Å². The van der Waals surface area contributed by atoms with E-state index in [-0.39, 0.29) is 0 Å². The molecule has 1 rings (SSSR count). The first-order valence-corrected chi connectivity index (χ1v) is 4.45. The van der Waals surface area contributed by atoms with Crippen LogP contribution in [0.25, 0.3) is 0 Å². The Morgan fingerprint density at radius 1 is 1.43 bits per heavy atom. The van der Waals surface area contributed by atoms with Gasteiger partial charge < -0.3 is 14.6 Å². The van der Waals surface area contributed by atoms with Gasteiger partial charge in [-0.05, 0) is 32.4 Å². The molecule has 1 aromatic carbocycles. The molecule has 0 spiro atoms. The Bertz CT molecular complexity index is 344. The number of carbonyl (C=O) groups is 1. The first-order chi connectivity index (χ1) is 6.50. The smallest absolute Gasteiger partial charge is 0.135 e. The number of carboxylic acid groups (broad SMARTS) is 1. The number of carboxylic acids is 1. The fourth-order valence-corrected chi connectivity index (χ4v) is 1.17. The van der Waals surface area contributed by atoms with Gasteiger partial charge in [-0.25, -0.2) is 0 Å². The van der Waals surface area contributed by atoms with Crippen molar-refractivity contribution in [1.82, 2.24) is 0 Å². The minimum atomic E-state index is -1.20. The van der Waals surface area contributed by atoms with Gasteiger partial charge in [-0.1, -0.05) is 17.7 Å². The molecule has 0 radical (unpaired) electrons. The van der Waals surface area contributed by atoms with Crippen LogP contribution in [-0.2, 0) is 4.79 Å².